The molecule has 0 spiro atoms. The van der Waals surface area contributed by atoms with E-state index in [0.29, 0.717) is 37.6 Å². The highest BCUT2D eigenvalue weighted by Crippen LogP contribution is 2.37. The standard InChI is InChI=1S/C23H26FNO4/c1-2-27-22(26)17-9-6-10-25(13-17)14-18-11-20(24)12-19-15-28-23(29-21(18)19)16-7-4-3-5-8-16/h3-5,7-8,11-12,17,23H,2,6,9-10,13-15H2,1H3/t17-,23-/m0/s1. The highest BCUT2D eigenvalue weighted by molar-refractivity contribution is 5.72. The molecule has 2 heterocycles. The Morgan fingerprint density at radius 3 is 2.90 bits per heavy atom. The number of piperidine rings is 1. The third-order valence-corrected chi connectivity index (χ3v) is 5.41. The van der Waals surface area contributed by atoms with Gasteiger partial charge in [0.25, 0.3) is 0 Å². The largest absolute Gasteiger partial charge is 0.466 e. The fourth-order valence-electron chi connectivity index (χ4n) is 4.06. The van der Waals surface area contributed by atoms with Crippen molar-refractivity contribution in [3.63, 3.8) is 0 Å². The highest BCUT2D eigenvalue weighted by atomic mass is 19.1. The van der Waals surface area contributed by atoms with Crippen LogP contribution in [-0.4, -0.2) is 30.6 Å². The van der Waals surface area contributed by atoms with Gasteiger partial charge in [0.05, 0.1) is 19.1 Å². The Bertz CT molecular complexity index is 857. The summed E-state index contributed by atoms with van der Waals surface area (Å²) in [7, 11) is 0. The fraction of sp³-hybridized carbons (Fsp3) is 0.435. The van der Waals surface area contributed by atoms with Crippen LogP contribution in [0, 0.1) is 11.7 Å². The molecule has 0 amide bonds. The molecule has 0 bridgehead atoms. The second-order valence-corrected chi connectivity index (χ2v) is 7.55. The average Bonchev–Trinajstić information content (AvgIpc) is 2.74. The number of ether oxygens (including phenoxy) is 3. The summed E-state index contributed by atoms with van der Waals surface area (Å²) in [6.45, 7) is 4.51. The summed E-state index contributed by atoms with van der Waals surface area (Å²) >= 11 is 0. The van der Waals surface area contributed by atoms with E-state index in [1.165, 1.54) is 12.1 Å². The van der Waals surface area contributed by atoms with Gasteiger partial charge in [0, 0.05) is 29.8 Å². The molecule has 0 aliphatic carbocycles. The second-order valence-electron chi connectivity index (χ2n) is 7.55. The molecule has 0 N–H and O–H groups in total. The molecule has 154 valence electrons. The molecule has 0 saturated carbocycles. The van der Waals surface area contributed by atoms with E-state index >= 15 is 0 Å². The SMILES string of the molecule is CCOC(=O)[C@H]1CCCN(Cc2cc(F)cc3c2O[C@@H](c2ccccc2)OC3)C1. The van der Waals surface area contributed by atoms with Gasteiger partial charge in [-0.25, -0.2) is 4.39 Å². The van der Waals surface area contributed by atoms with Gasteiger partial charge in [0.15, 0.2) is 0 Å². The molecule has 1 saturated heterocycles. The van der Waals surface area contributed by atoms with E-state index < -0.39 is 6.29 Å². The van der Waals surface area contributed by atoms with E-state index in [1.54, 1.807) is 0 Å². The van der Waals surface area contributed by atoms with E-state index in [-0.39, 0.29) is 17.7 Å². The molecule has 2 atom stereocenters. The molecule has 2 aliphatic rings. The van der Waals surface area contributed by atoms with Crippen LogP contribution in [0.15, 0.2) is 42.5 Å². The Balaban J connectivity index is 1.52. The van der Waals surface area contributed by atoms with Gasteiger partial charge in [-0.3, -0.25) is 9.69 Å². The summed E-state index contributed by atoms with van der Waals surface area (Å²) in [5.74, 6) is 0.106. The summed E-state index contributed by atoms with van der Waals surface area (Å²) in [4.78, 5) is 14.3. The van der Waals surface area contributed by atoms with E-state index in [9.17, 15) is 9.18 Å². The summed E-state index contributed by atoms with van der Waals surface area (Å²) in [5.41, 5.74) is 2.42. The van der Waals surface area contributed by atoms with Crippen molar-refractivity contribution in [1.29, 1.82) is 0 Å². The summed E-state index contributed by atoms with van der Waals surface area (Å²) in [6, 6.07) is 12.7. The topological polar surface area (TPSA) is 48.0 Å². The minimum Gasteiger partial charge on any atom is -0.466 e. The first-order valence-electron chi connectivity index (χ1n) is 10.2. The lowest BCUT2D eigenvalue weighted by atomic mass is 9.97. The predicted molar refractivity (Wildman–Crippen MR) is 106 cm³/mol. The van der Waals surface area contributed by atoms with Gasteiger partial charge in [-0.15, -0.1) is 0 Å². The molecule has 2 aromatic carbocycles. The minimum atomic E-state index is -0.512. The minimum absolute atomic E-state index is 0.130. The van der Waals surface area contributed by atoms with E-state index in [0.717, 1.165) is 30.5 Å². The van der Waals surface area contributed by atoms with Crippen LogP contribution in [0.2, 0.25) is 0 Å². The van der Waals surface area contributed by atoms with Gasteiger partial charge in [0.1, 0.15) is 11.6 Å². The lowest BCUT2D eigenvalue weighted by molar-refractivity contribution is -0.150. The van der Waals surface area contributed by atoms with Crippen molar-refractivity contribution in [1.82, 2.24) is 4.90 Å². The molecular weight excluding hydrogens is 373 g/mol. The molecule has 2 aliphatic heterocycles. The first-order chi connectivity index (χ1) is 14.1. The number of benzene rings is 2. The number of fused-ring (bicyclic) bond motifs is 1. The Morgan fingerprint density at radius 1 is 1.28 bits per heavy atom. The number of halogens is 1. The van der Waals surface area contributed by atoms with Crippen molar-refractivity contribution < 1.29 is 23.4 Å². The zero-order valence-corrected chi connectivity index (χ0v) is 16.6. The van der Waals surface area contributed by atoms with Crippen LogP contribution in [-0.2, 0) is 27.4 Å². The van der Waals surface area contributed by atoms with Crippen LogP contribution < -0.4 is 4.74 Å². The normalized spacial score (nSPS) is 21.9. The van der Waals surface area contributed by atoms with Crippen molar-refractivity contribution in [2.75, 3.05) is 19.7 Å². The van der Waals surface area contributed by atoms with Crippen LogP contribution in [0.1, 0.15) is 42.7 Å². The molecular formula is C23H26FNO4. The predicted octanol–water partition coefficient (Wildman–Crippen LogP) is 4.21. The quantitative estimate of drug-likeness (QED) is 0.705. The van der Waals surface area contributed by atoms with Gasteiger partial charge < -0.3 is 14.2 Å². The first-order valence-corrected chi connectivity index (χ1v) is 10.2. The van der Waals surface area contributed by atoms with Crippen LogP contribution >= 0.6 is 0 Å². The van der Waals surface area contributed by atoms with E-state index in [1.807, 2.05) is 37.3 Å². The number of likely N-dealkylation sites (tertiary alicyclic amines) is 1. The summed E-state index contributed by atoms with van der Waals surface area (Å²) in [6.07, 6.45) is 1.23. The maximum atomic E-state index is 14.2. The van der Waals surface area contributed by atoms with Crippen molar-refractivity contribution in [2.45, 2.75) is 39.2 Å². The van der Waals surface area contributed by atoms with E-state index in [2.05, 4.69) is 4.90 Å². The Kier molecular flexibility index (Phi) is 6.11. The van der Waals surface area contributed by atoms with Gasteiger partial charge >= 0.3 is 5.97 Å². The maximum Gasteiger partial charge on any atom is 0.310 e. The molecule has 0 radical (unpaired) electrons. The van der Waals surface area contributed by atoms with Crippen molar-refractivity contribution in [3.05, 3.63) is 65.0 Å². The molecule has 1 fully saturated rings. The molecule has 4 rings (SSSR count). The Hall–Kier alpha value is -2.44. The van der Waals surface area contributed by atoms with Crippen LogP contribution in [0.5, 0.6) is 5.75 Å². The molecule has 29 heavy (non-hydrogen) atoms. The van der Waals surface area contributed by atoms with Gasteiger partial charge in [0.2, 0.25) is 6.29 Å². The van der Waals surface area contributed by atoms with Crippen LogP contribution in [0.3, 0.4) is 0 Å². The van der Waals surface area contributed by atoms with E-state index in [4.69, 9.17) is 14.2 Å². The lowest BCUT2D eigenvalue weighted by Gasteiger charge is -2.33. The maximum absolute atomic E-state index is 14.2. The second kappa shape index (κ2) is 8.93. The Labute approximate surface area is 170 Å². The molecule has 2 aromatic rings. The average molecular weight is 399 g/mol. The lowest BCUT2D eigenvalue weighted by Crippen LogP contribution is -2.39. The zero-order valence-electron chi connectivity index (χ0n) is 16.6. The van der Waals surface area contributed by atoms with Gasteiger partial charge in [-0.05, 0) is 38.4 Å². The number of carbonyl (C=O) groups is 1. The first kappa shape index (κ1) is 19.9. The van der Waals surface area contributed by atoms with Crippen molar-refractivity contribution in [3.8, 4) is 5.75 Å². The number of carbonyl (C=O) groups excluding carboxylic acids is 1. The monoisotopic (exact) mass is 399 g/mol. The summed E-state index contributed by atoms with van der Waals surface area (Å²) in [5, 5.41) is 0. The Morgan fingerprint density at radius 2 is 2.10 bits per heavy atom. The number of hydrogen-bond donors (Lipinski definition) is 0. The summed E-state index contributed by atoms with van der Waals surface area (Å²) < 4.78 is 31.4. The number of rotatable bonds is 5. The molecule has 5 nitrogen and oxygen atoms in total. The van der Waals surface area contributed by atoms with Gasteiger partial charge in [-0.1, -0.05) is 30.3 Å². The molecule has 0 aromatic heterocycles. The number of esters is 1. The third-order valence-electron chi connectivity index (χ3n) is 5.41. The smallest absolute Gasteiger partial charge is 0.310 e. The van der Waals surface area contributed by atoms with Gasteiger partial charge in [-0.2, -0.15) is 0 Å². The molecule has 6 heteroatoms. The third kappa shape index (κ3) is 4.60. The number of hydrogen-bond acceptors (Lipinski definition) is 5. The fourth-order valence-corrected chi connectivity index (χ4v) is 4.06. The van der Waals surface area contributed by atoms with Crippen molar-refractivity contribution in [2.24, 2.45) is 5.92 Å². The number of nitrogens with zero attached hydrogens (tertiary/aromatic N) is 1. The zero-order chi connectivity index (χ0) is 20.2. The molecule has 0 unspecified atom stereocenters. The highest BCUT2D eigenvalue weighted by Gasteiger charge is 2.29. The van der Waals surface area contributed by atoms with Crippen LogP contribution in [0.4, 0.5) is 4.39 Å². The van der Waals surface area contributed by atoms with Crippen molar-refractivity contribution >= 4 is 5.97 Å². The van der Waals surface area contributed by atoms with Crippen LogP contribution in [0.25, 0.3) is 0 Å².